The molecule has 1 heterocycles. The minimum absolute atomic E-state index is 0.0936. The van der Waals surface area contributed by atoms with Crippen LogP contribution in [0, 0.1) is 23.7 Å². The van der Waals surface area contributed by atoms with Crippen molar-refractivity contribution < 1.29 is 4.79 Å². The Bertz CT molecular complexity index is 415. The summed E-state index contributed by atoms with van der Waals surface area (Å²) in [6.45, 7) is 3.26. The largest absolute Gasteiger partial charge is 0.338 e. The number of hydrogen-bond donors (Lipinski definition) is 2. The van der Waals surface area contributed by atoms with Gasteiger partial charge in [-0.1, -0.05) is 0 Å². The summed E-state index contributed by atoms with van der Waals surface area (Å²) in [7, 11) is 2.21. The van der Waals surface area contributed by atoms with E-state index in [2.05, 4.69) is 22.6 Å². The average Bonchev–Trinajstić information content (AvgIpc) is 2.45. The van der Waals surface area contributed by atoms with Crippen molar-refractivity contribution in [1.29, 1.82) is 0 Å². The number of hydrogen-bond acceptors (Lipinski definition) is 2. The number of likely N-dealkylation sites (tertiary alicyclic amines) is 1. The molecule has 0 aromatic carbocycles. The Morgan fingerprint density at radius 2 is 1.78 bits per heavy atom. The van der Waals surface area contributed by atoms with Crippen LogP contribution < -0.4 is 10.6 Å². The zero-order chi connectivity index (χ0) is 15.9. The third-order valence-electron chi connectivity index (χ3n) is 6.98. The first-order chi connectivity index (χ1) is 11.1. The molecule has 1 aliphatic heterocycles. The molecule has 2 N–H and O–H groups in total. The van der Waals surface area contributed by atoms with Crippen molar-refractivity contribution in [1.82, 2.24) is 15.5 Å². The van der Waals surface area contributed by atoms with Gasteiger partial charge in [-0.3, -0.25) is 0 Å². The Hall–Kier alpha value is -0.770. The minimum Gasteiger partial charge on any atom is -0.338 e. The summed E-state index contributed by atoms with van der Waals surface area (Å²) < 4.78 is 0. The smallest absolute Gasteiger partial charge is 0.315 e. The number of urea groups is 1. The van der Waals surface area contributed by atoms with Gasteiger partial charge in [0.15, 0.2) is 0 Å². The molecule has 4 aliphatic carbocycles. The predicted octanol–water partition coefficient (Wildman–Crippen LogP) is 2.99. The summed E-state index contributed by atoms with van der Waals surface area (Å²) in [5.74, 6) is 3.42. The minimum atomic E-state index is 0.0936. The van der Waals surface area contributed by atoms with Crippen LogP contribution in [0.3, 0.4) is 0 Å². The lowest BCUT2D eigenvalue weighted by Crippen LogP contribution is -2.61. The van der Waals surface area contributed by atoms with Crippen LogP contribution in [0.1, 0.15) is 57.8 Å². The molecule has 4 bridgehead atoms. The molecule has 2 amide bonds. The monoisotopic (exact) mass is 319 g/mol. The summed E-state index contributed by atoms with van der Waals surface area (Å²) in [5, 5.41) is 6.56. The number of carbonyl (C=O) groups excluding carboxylic acids is 1. The van der Waals surface area contributed by atoms with Gasteiger partial charge in [0, 0.05) is 18.6 Å². The van der Waals surface area contributed by atoms with Crippen molar-refractivity contribution in [3.63, 3.8) is 0 Å². The third-order valence-corrected chi connectivity index (χ3v) is 6.98. The first-order valence-electron chi connectivity index (χ1n) is 9.85. The van der Waals surface area contributed by atoms with Gasteiger partial charge in [-0.25, -0.2) is 4.79 Å². The number of rotatable bonds is 4. The first-order valence-corrected chi connectivity index (χ1v) is 9.85. The van der Waals surface area contributed by atoms with Crippen molar-refractivity contribution in [3.05, 3.63) is 0 Å². The van der Waals surface area contributed by atoms with E-state index in [0.29, 0.717) is 0 Å². The van der Waals surface area contributed by atoms with Crippen LogP contribution >= 0.6 is 0 Å². The molecule has 23 heavy (non-hydrogen) atoms. The van der Waals surface area contributed by atoms with Crippen LogP contribution in [0.15, 0.2) is 0 Å². The van der Waals surface area contributed by atoms with Crippen molar-refractivity contribution in [3.8, 4) is 0 Å². The van der Waals surface area contributed by atoms with E-state index in [9.17, 15) is 4.79 Å². The molecule has 4 nitrogen and oxygen atoms in total. The van der Waals surface area contributed by atoms with Gasteiger partial charge in [0.05, 0.1) is 0 Å². The van der Waals surface area contributed by atoms with Gasteiger partial charge < -0.3 is 15.5 Å². The highest BCUT2D eigenvalue weighted by Crippen LogP contribution is 2.55. The van der Waals surface area contributed by atoms with Crippen molar-refractivity contribution >= 4 is 6.03 Å². The molecule has 5 rings (SSSR count). The summed E-state index contributed by atoms with van der Waals surface area (Å²) in [5.41, 5.74) is 0.143. The highest BCUT2D eigenvalue weighted by molar-refractivity contribution is 5.74. The summed E-state index contributed by atoms with van der Waals surface area (Å²) in [6, 6.07) is 0.0936. The Kier molecular flexibility index (Phi) is 4.29. The molecule has 0 unspecified atom stereocenters. The standard InChI is InChI=1S/C19H33N3O/c1-22-6-2-3-14(13-22)4-5-20-18(23)21-19-10-15-7-16(11-19)9-17(8-15)12-19/h14-17H,2-13H2,1H3,(H2,20,21,23)/t14-,15?,16?,17?,19?/m1/s1. The second-order valence-corrected chi connectivity index (χ2v) is 9.14. The van der Waals surface area contributed by atoms with E-state index in [-0.39, 0.29) is 11.6 Å². The van der Waals surface area contributed by atoms with E-state index in [4.69, 9.17) is 0 Å². The lowest BCUT2D eigenvalue weighted by molar-refractivity contribution is -0.0135. The predicted molar refractivity (Wildman–Crippen MR) is 92.3 cm³/mol. The summed E-state index contributed by atoms with van der Waals surface area (Å²) in [4.78, 5) is 14.8. The zero-order valence-electron chi connectivity index (χ0n) is 14.7. The van der Waals surface area contributed by atoms with E-state index >= 15 is 0 Å². The lowest BCUT2D eigenvalue weighted by atomic mass is 9.53. The van der Waals surface area contributed by atoms with E-state index in [1.807, 2.05) is 0 Å². The van der Waals surface area contributed by atoms with E-state index in [1.54, 1.807) is 0 Å². The van der Waals surface area contributed by atoms with E-state index in [0.717, 1.165) is 36.6 Å². The second-order valence-electron chi connectivity index (χ2n) is 9.14. The quantitative estimate of drug-likeness (QED) is 0.837. The second kappa shape index (κ2) is 6.27. The van der Waals surface area contributed by atoms with Gasteiger partial charge in [0.25, 0.3) is 0 Å². The Balaban J connectivity index is 1.23. The fourth-order valence-electron chi connectivity index (χ4n) is 6.45. The lowest BCUT2D eigenvalue weighted by Gasteiger charge is -2.56. The van der Waals surface area contributed by atoms with Crippen LogP contribution in [0.2, 0.25) is 0 Å². The number of carbonyl (C=O) groups is 1. The normalized spacial score (nSPS) is 42.7. The molecule has 0 radical (unpaired) electrons. The fourth-order valence-corrected chi connectivity index (χ4v) is 6.45. The van der Waals surface area contributed by atoms with E-state index < -0.39 is 0 Å². The van der Waals surface area contributed by atoms with Gasteiger partial charge in [0.1, 0.15) is 0 Å². The summed E-state index contributed by atoms with van der Waals surface area (Å²) >= 11 is 0. The van der Waals surface area contributed by atoms with Crippen molar-refractivity contribution in [2.24, 2.45) is 23.7 Å². The van der Waals surface area contributed by atoms with Gasteiger partial charge in [-0.05, 0) is 95.1 Å². The van der Waals surface area contributed by atoms with Crippen LogP contribution in [-0.4, -0.2) is 43.2 Å². The molecular formula is C19H33N3O. The van der Waals surface area contributed by atoms with Crippen LogP contribution in [-0.2, 0) is 0 Å². The molecule has 4 saturated carbocycles. The van der Waals surface area contributed by atoms with Gasteiger partial charge in [0.2, 0.25) is 0 Å². The molecule has 4 heteroatoms. The van der Waals surface area contributed by atoms with Gasteiger partial charge in [-0.2, -0.15) is 0 Å². The molecule has 130 valence electrons. The van der Waals surface area contributed by atoms with Crippen molar-refractivity contribution in [2.75, 3.05) is 26.7 Å². The highest BCUT2D eigenvalue weighted by Gasteiger charge is 2.51. The summed E-state index contributed by atoms with van der Waals surface area (Å²) in [6.07, 6.45) is 11.7. The maximum Gasteiger partial charge on any atom is 0.315 e. The van der Waals surface area contributed by atoms with Gasteiger partial charge >= 0.3 is 6.03 Å². The van der Waals surface area contributed by atoms with Gasteiger partial charge in [-0.15, -0.1) is 0 Å². The third kappa shape index (κ3) is 3.52. The van der Waals surface area contributed by atoms with Crippen molar-refractivity contribution in [2.45, 2.75) is 63.3 Å². The van der Waals surface area contributed by atoms with Crippen LogP contribution in [0.25, 0.3) is 0 Å². The molecular weight excluding hydrogens is 286 g/mol. The van der Waals surface area contributed by atoms with Crippen LogP contribution in [0.5, 0.6) is 0 Å². The highest BCUT2D eigenvalue weighted by atomic mass is 16.2. The molecule has 0 aromatic heterocycles. The molecule has 0 aromatic rings. The Morgan fingerprint density at radius 1 is 1.13 bits per heavy atom. The maximum atomic E-state index is 12.4. The van der Waals surface area contributed by atoms with Crippen LogP contribution in [0.4, 0.5) is 4.79 Å². The number of nitrogens with one attached hydrogen (secondary N) is 2. The maximum absolute atomic E-state index is 12.4. The number of amides is 2. The molecule has 1 atom stereocenters. The first kappa shape index (κ1) is 15.7. The van der Waals surface area contributed by atoms with E-state index in [1.165, 1.54) is 64.5 Å². The average molecular weight is 319 g/mol. The topological polar surface area (TPSA) is 44.4 Å². The zero-order valence-corrected chi connectivity index (χ0v) is 14.7. The molecule has 5 aliphatic rings. The SMILES string of the molecule is CN1CCC[C@H](CCNC(=O)NC23CC4CC(CC(C4)C2)C3)C1. The Morgan fingerprint density at radius 3 is 2.39 bits per heavy atom. The molecule has 0 spiro atoms. The molecule has 1 saturated heterocycles. The molecule has 5 fully saturated rings. The fraction of sp³-hybridized carbons (Fsp3) is 0.947. The number of piperidine rings is 1. The Labute approximate surface area is 140 Å². The number of nitrogens with zero attached hydrogens (tertiary/aromatic N) is 1.